The van der Waals surface area contributed by atoms with E-state index in [0.717, 1.165) is 19.3 Å². The number of ether oxygens (including phenoxy) is 1. The highest BCUT2D eigenvalue weighted by Crippen LogP contribution is 2.33. The van der Waals surface area contributed by atoms with Crippen molar-refractivity contribution in [1.82, 2.24) is 4.90 Å². The number of nitrogens with zero attached hydrogens (tertiary/aromatic N) is 1. The van der Waals surface area contributed by atoms with Crippen molar-refractivity contribution in [3.63, 3.8) is 0 Å². The first-order valence-corrected chi connectivity index (χ1v) is 11.8. The summed E-state index contributed by atoms with van der Waals surface area (Å²) in [6.07, 6.45) is 2.98. The predicted molar refractivity (Wildman–Crippen MR) is 118 cm³/mol. The number of carbonyl (C=O) groups excluding carboxylic acids is 1. The summed E-state index contributed by atoms with van der Waals surface area (Å²) in [6.45, 7) is 6.34. The molecule has 0 bridgehead atoms. The van der Waals surface area contributed by atoms with Crippen molar-refractivity contribution < 1.29 is 17.9 Å². The van der Waals surface area contributed by atoms with E-state index >= 15 is 0 Å². The van der Waals surface area contributed by atoms with E-state index in [2.05, 4.69) is 25.5 Å². The number of benzene rings is 2. The Hall–Kier alpha value is -2.54. The summed E-state index contributed by atoms with van der Waals surface area (Å²) in [5.41, 5.74) is 0.738. The summed E-state index contributed by atoms with van der Waals surface area (Å²) in [7, 11) is -2.39. The molecule has 2 unspecified atom stereocenters. The van der Waals surface area contributed by atoms with Crippen LogP contribution in [0.3, 0.4) is 0 Å². The Morgan fingerprint density at radius 3 is 2.50 bits per heavy atom. The molecule has 1 fully saturated rings. The fraction of sp³-hybridized carbons (Fsp3) is 0.435. The molecule has 2 atom stereocenters. The van der Waals surface area contributed by atoms with Crippen LogP contribution in [-0.4, -0.2) is 38.4 Å². The Labute approximate surface area is 179 Å². The largest absolute Gasteiger partial charge is 0.495 e. The zero-order chi connectivity index (χ0) is 21.9. The van der Waals surface area contributed by atoms with Crippen molar-refractivity contribution in [2.75, 3.05) is 11.8 Å². The van der Waals surface area contributed by atoms with Gasteiger partial charge in [-0.15, -0.1) is 0 Å². The van der Waals surface area contributed by atoms with Crippen molar-refractivity contribution in [2.24, 2.45) is 5.92 Å². The lowest BCUT2D eigenvalue weighted by Gasteiger charge is -2.33. The molecule has 1 saturated carbocycles. The van der Waals surface area contributed by atoms with E-state index in [0.29, 0.717) is 22.9 Å². The lowest BCUT2D eigenvalue weighted by molar-refractivity contribution is 0.0615. The topological polar surface area (TPSA) is 75.7 Å². The number of sulfonamides is 1. The first-order chi connectivity index (χ1) is 14.3. The molecule has 0 radical (unpaired) electrons. The van der Waals surface area contributed by atoms with E-state index < -0.39 is 10.0 Å². The normalized spacial score (nSPS) is 15.9. The molecule has 1 aliphatic carbocycles. The van der Waals surface area contributed by atoms with Crippen LogP contribution >= 0.6 is 0 Å². The van der Waals surface area contributed by atoms with Gasteiger partial charge in [-0.05, 0) is 56.0 Å². The minimum absolute atomic E-state index is 0.0474. The van der Waals surface area contributed by atoms with Crippen molar-refractivity contribution in [2.45, 2.75) is 57.0 Å². The highest BCUT2D eigenvalue weighted by atomic mass is 32.2. The van der Waals surface area contributed by atoms with Crippen LogP contribution in [0.2, 0.25) is 0 Å². The summed E-state index contributed by atoms with van der Waals surface area (Å²) in [4.78, 5) is 15.3. The van der Waals surface area contributed by atoms with Crippen LogP contribution in [0, 0.1) is 5.92 Å². The molecule has 6 nitrogen and oxygen atoms in total. The summed E-state index contributed by atoms with van der Waals surface area (Å²) in [5.74, 6) is 0.684. The molecule has 0 saturated heterocycles. The summed E-state index contributed by atoms with van der Waals surface area (Å²) >= 11 is 0. The van der Waals surface area contributed by atoms with Gasteiger partial charge in [-0.2, -0.15) is 0 Å². The zero-order valence-corrected chi connectivity index (χ0v) is 18.8. The number of hydrogen-bond donors (Lipinski definition) is 1. The molecule has 0 heterocycles. The molecular formula is C23H30N2O4S. The number of carbonyl (C=O) groups is 1. The molecule has 2 aromatic carbocycles. The quantitative estimate of drug-likeness (QED) is 0.634. The number of methoxy groups -OCH3 is 1. The van der Waals surface area contributed by atoms with Gasteiger partial charge in [-0.25, -0.2) is 8.42 Å². The van der Waals surface area contributed by atoms with E-state index in [4.69, 9.17) is 4.74 Å². The Balaban J connectivity index is 1.88. The van der Waals surface area contributed by atoms with Crippen LogP contribution < -0.4 is 9.46 Å². The van der Waals surface area contributed by atoms with Gasteiger partial charge in [0.15, 0.2) is 0 Å². The Kier molecular flexibility index (Phi) is 6.71. The Bertz CT molecular complexity index is 1000. The van der Waals surface area contributed by atoms with Crippen molar-refractivity contribution in [3.8, 4) is 5.75 Å². The minimum atomic E-state index is -3.87. The third-order valence-corrected chi connectivity index (χ3v) is 7.19. The van der Waals surface area contributed by atoms with E-state index in [-0.39, 0.29) is 22.9 Å². The third kappa shape index (κ3) is 4.78. The maximum atomic E-state index is 13.3. The lowest BCUT2D eigenvalue weighted by Crippen LogP contribution is -2.43. The number of hydrogen-bond acceptors (Lipinski definition) is 4. The smallest absolute Gasteiger partial charge is 0.262 e. The molecule has 1 aliphatic rings. The van der Waals surface area contributed by atoms with Gasteiger partial charge in [-0.1, -0.05) is 38.5 Å². The van der Waals surface area contributed by atoms with Gasteiger partial charge in [0.25, 0.3) is 15.9 Å². The van der Waals surface area contributed by atoms with E-state index in [1.54, 1.807) is 36.4 Å². The van der Waals surface area contributed by atoms with Gasteiger partial charge < -0.3 is 9.64 Å². The number of anilines is 1. The Morgan fingerprint density at radius 1 is 1.17 bits per heavy atom. The van der Waals surface area contributed by atoms with Gasteiger partial charge in [-0.3, -0.25) is 9.52 Å². The molecule has 30 heavy (non-hydrogen) atoms. The molecule has 0 spiro atoms. The highest BCUT2D eigenvalue weighted by Gasteiger charge is 2.37. The van der Waals surface area contributed by atoms with Crippen molar-refractivity contribution >= 4 is 21.6 Å². The Morgan fingerprint density at radius 2 is 1.87 bits per heavy atom. The molecule has 7 heteroatoms. The van der Waals surface area contributed by atoms with Crippen LogP contribution in [-0.2, 0) is 10.0 Å². The monoisotopic (exact) mass is 430 g/mol. The average Bonchev–Trinajstić information content (AvgIpc) is 3.58. The van der Waals surface area contributed by atoms with Crippen LogP contribution in [0.25, 0.3) is 0 Å². The highest BCUT2D eigenvalue weighted by molar-refractivity contribution is 7.92. The summed E-state index contributed by atoms with van der Waals surface area (Å²) in [6, 6.07) is 13.4. The fourth-order valence-electron chi connectivity index (χ4n) is 3.53. The van der Waals surface area contributed by atoms with E-state index in [1.807, 2.05) is 4.90 Å². The van der Waals surface area contributed by atoms with Gasteiger partial charge in [0, 0.05) is 17.6 Å². The van der Waals surface area contributed by atoms with E-state index in [9.17, 15) is 13.2 Å². The average molecular weight is 431 g/mol. The maximum Gasteiger partial charge on any atom is 0.262 e. The minimum Gasteiger partial charge on any atom is -0.495 e. The maximum absolute atomic E-state index is 13.3. The zero-order valence-electron chi connectivity index (χ0n) is 18.0. The molecule has 3 rings (SSSR count). The summed E-state index contributed by atoms with van der Waals surface area (Å²) in [5, 5.41) is 0. The van der Waals surface area contributed by atoms with Crippen molar-refractivity contribution in [1.29, 1.82) is 0 Å². The SMILES string of the molecule is CCC(C)C(C)N(C(=O)c1cccc(S(=O)(=O)Nc2ccccc2OC)c1)C1CC1. The standard InChI is InChI=1S/C23H30N2O4S/c1-5-16(2)17(3)25(19-13-14-19)23(26)18-9-8-10-20(15-18)30(27,28)24-21-11-6-7-12-22(21)29-4/h6-12,15-17,19,24H,5,13-14H2,1-4H3. The first kappa shape index (κ1) is 22.2. The van der Waals surface area contributed by atoms with Gasteiger partial charge in [0.2, 0.25) is 0 Å². The predicted octanol–water partition coefficient (Wildman–Crippen LogP) is 4.54. The summed E-state index contributed by atoms with van der Waals surface area (Å²) < 4.78 is 33.7. The molecule has 1 amide bonds. The van der Waals surface area contributed by atoms with Crippen LogP contribution in [0.4, 0.5) is 5.69 Å². The van der Waals surface area contributed by atoms with Crippen molar-refractivity contribution in [3.05, 3.63) is 54.1 Å². The number of para-hydroxylation sites is 2. The second-order valence-electron chi connectivity index (χ2n) is 7.90. The number of rotatable bonds is 9. The number of nitrogens with one attached hydrogen (secondary N) is 1. The molecule has 1 N–H and O–H groups in total. The molecule has 0 aliphatic heterocycles. The molecular weight excluding hydrogens is 400 g/mol. The molecule has 162 valence electrons. The third-order valence-electron chi connectivity index (χ3n) is 5.82. The van der Waals surface area contributed by atoms with Gasteiger partial charge in [0.05, 0.1) is 17.7 Å². The first-order valence-electron chi connectivity index (χ1n) is 10.4. The lowest BCUT2D eigenvalue weighted by atomic mass is 9.98. The molecule has 0 aromatic heterocycles. The fourth-order valence-corrected chi connectivity index (χ4v) is 4.65. The van der Waals surface area contributed by atoms with Crippen LogP contribution in [0.1, 0.15) is 50.4 Å². The molecule has 2 aromatic rings. The second kappa shape index (κ2) is 9.08. The second-order valence-corrected chi connectivity index (χ2v) is 9.59. The van der Waals surface area contributed by atoms with Crippen LogP contribution in [0.15, 0.2) is 53.4 Å². The number of amides is 1. The van der Waals surface area contributed by atoms with Gasteiger partial charge in [0.1, 0.15) is 5.75 Å². The van der Waals surface area contributed by atoms with Crippen LogP contribution in [0.5, 0.6) is 5.75 Å². The van der Waals surface area contributed by atoms with E-state index in [1.165, 1.54) is 19.2 Å². The van der Waals surface area contributed by atoms with Gasteiger partial charge >= 0.3 is 0 Å².